The van der Waals surface area contributed by atoms with Gasteiger partial charge in [-0.1, -0.05) is 11.6 Å². The molecule has 0 unspecified atom stereocenters. The smallest absolute Gasteiger partial charge is 0.367 e. The Morgan fingerprint density at radius 1 is 1.33 bits per heavy atom. The summed E-state index contributed by atoms with van der Waals surface area (Å²) >= 11 is 5.59. The molecule has 0 aliphatic heterocycles. The molecular formula is C9H12ClN3O5. The first-order chi connectivity index (χ1) is 8.66. The van der Waals surface area contributed by atoms with Crippen molar-refractivity contribution >= 4 is 17.3 Å². The van der Waals surface area contributed by atoms with Gasteiger partial charge in [-0.15, -0.1) is 0 Å². The van der Waals surface area contributed by atoms with Crippen molar-refractivity contribution in [3.05, 3.63) is 21.6 Å². The summed E-state index contributed by atoms with van der Waals surface area (Å²) in [4.78, 5) is 17.2. The summed E-state index contributed by atoms with van der Waals surface area (Å²) in [6, 6.07) is 0. The lowest BCUT2D eigenvalue weighted by molar-refractivity contribution is -0.386. The van der Waals surface area contributed by atoms with Crippen molar-refractivity contribution in [2.75, 3.05) is 33.5 Å². The third-order valence-corrected chi connectivity index (χ3v) is 2.10. The topological polar surface area (TPSA) is 96.6 Å². The van der Waals surface area contributed by atoms with Gasteiger partial charge in [0.2, 0.25) is 5.15 Å². The first-order valence-electron chi connectivity index (χ1n) is 5.01. The molecule has 0 fully saturated rings. The molecule has 1 aromatic heterocycles. The van der Waals surface area contributed by atoms with Crippen LogP contribution >= 0.6 is 11.6 Å². The van der Waals surface area contributed by atoms with Gasteiger partial charge in [0.25, 0.3) is 5.88 Å². The average molecular weight is 278 g/mol. The van der Waals surface area contributed by atoms with Crippen molar-refractivity contribution < 1.29 is 19.1 Å². The van der Waals surface area contributed by atoms with Crippen LogP contribution in [0.3, 0.4) is 0 Å². The van der Waals surface area contributed by atoms with E-state index in [-0.39, 0.29) is 24.2 Å². The number of nitro groups is 1. The second-order valence-corrected chi connectivity index (χ2v) is 3.39. The minimum atomic E-state index is -0.691. The largest absolute Gasteiger partial charge is 0.470 e. The molecule has 0 aliphatic rings. The average Bonchev–Trinajstić information content (AvgIpc) is 2.33. The summed E-state index contributed by atoms with van der Waals surface area (Å²) in [5, 5.41) is 10.5. The number of ether oxygens (including phenoxy) is 3. The van der Waals surface area contributed by atoms with Crippen LogP contribution in [0.15, 0.2) is 6.33 Å². The minimum absolute atomic E-state index is 0.123. The fourth-order valence-electron chi connectivity index (χ4n) is 1.04. The Kier molecular flexibility index (Phi) is 6.26. The fraction of sp³-hybridized carbons (Fsp3) is 0.556. The van der Waals surface area contributed by atoms with Gasteiger partial charge in [-0.25, -0.2) is 4.98 Å². The number of halogens is 1. The minimum Gasteiger partial charge on any atom is -0.470 e. The number of aromatic nitrogens is 2. The Bertz CT molecular complexity index is 404. The van der Waals surface area contributed by atoms with Crippen molar-refractivity contribution in [1.29, 1.82) is 0 Å². The molecule has 100 valence electrons. The van der Waals surface area contributed by atoms with Gasteiger partial charge < -0.3 is 14.2 Å². The molecule has 1 heterocycles. The maximum absolute atomic E-state index is 10.7. The lowest BCUT2D eigenvalue weighted by Crippen LogP contribution is -2.11. The van der Waals surface area contributed by atoms with E-state index in [4.69, 9.17) is 25.8 Å². The molecule has 0 aliphatic carbocycles. The van der Waals surface area contributed by atoms with Crippen molar-refractivity contribution in [2.45, 2.75) is 0 Å². The van der Waals surface area contributed by atoms with E-state index in [9.17, 15) is 10.1 Å². The maximum Gasteiger partial charge on any atom is 0.367 e. The van der Waals surface area contributed by atoms with Crippen LogP contribution in [0.25, 0.3) is 0 Å². The van der Waals surface area contributed by atoms with Crippen LogP contribution in [-0.2, 0) is 9.47 Å². The highest BCUT2D eigenvalue weighted by Crippen LogP contribution is 2.29. The zero-order chi connectivity index (χ0) is 13.4. The monoisotopic (exact) mass is 277 g/mol. The van der Waals surface area contributed by atoms with Gasteiger partial charge >= 0.3 is 5.69 Å². The highest BCUT2D eigenvalue weighted by atomic mass is 35.5. The van der Waals surface area contributed by atoms with E-state index in [1.807, 2.05) is 0 Å². The molecule has 0 aromatic carbocycles. The maximum atomic E-state index is 10.7. The number of rotatable bonds is 8. The van der Waals surface area contributed by atoms with E-state index in [0.717, 1.165) is 6.33 Å². The van der Waals surface area contributed by atoms with Gasteiger partial charge in [0.05, 0.1) is 24.7 Å². The fourth-order valence-corrected chi connectivity index (χ4v) is 1.24. The standard InChI is InChI=1S/C9H12ClN3O5/c1-16-2-3-17-4-5-18-9-7(13(14)15)8(10)11-6-12-9/h6H,2-5H2,1H3. The van der Waals surface area contributed by atoms with Crippen LogP contribution < -0.4 is 4.74 Å². The van der Waals surface area contributed by atoms with E-state index in [2.05, 4.69) is 9.97 Å². The Morgan fingerprint density at radius 2 is 2.06 bits per heavy atom. The number of methoxy groups -OCH3 is 1. The Morgan fingerprint density at radius 3 is 2.72 bits per heavy atom. The highest BCUT2D eigenvalue weighted by Gasteiger charge is 2.22. The molecule has 0 atom stereocenters. The molecule has 0 amide bonds. The summed E-state index contributed by atoms with van der Waals surface area (Å²) in [5.74, 6) is -0.171. The Balaban J connectivity index is 2.47. The van der Waals surface area contributed by atoms with Crippen molar-refractivity contribution in [3.63, 3.8) is 0 Å². The molecule has 8 nitrogen and oxygen atoms in total. The summed E-state index contributed by atoms with van der Waals surface area (Å²) in [5.41, 5.74) is -0.448. The van der Waals surface area contributed by atoms with Crippen molar-refractivity contribution in [3.8, 4) is 5.88 Å². The lowest BCUT2D eigenvalue weighted by atomic mass is 10.5. The van der Waals surface area contributed by atoms with Crippen molar-refractivity contribution in [1.82, 2.24) is 9.97 Å². The number of hydrogen-bond acceptors (Lipinski definition) is 7. The molecule has 1 aromatic rings. The molecule has 0 saturated heterocycles. The van der Waals surface area contributed by atoms with Crippen LogP contribution in [0.2, 0.25) is 5.15 Å². The summed E-state index contributed by atoms with van der Waals surface area (Å²) in [6.07, 6.45) is 1.09. The predicted octanol–water partition coefficient (Wildman–Crippen LogP) is 1.08. The van der Waals surface area contributed by atoms with Gasteiger partial charge in [-0.3, -0.25) is 10.1 Å². The number of nitrogens with zero attached hydrogens (tertiary/aromatic N) is 3. The van der Waals surface area contributed by atoms with Gasteiger partial charge in [-0.2, -0.15) is 4.98 Å². The Hall–Kier alpha value is -1.51. The molecule has 0 saturated carbocycles. The van der Waals surface area contributed by atoms with Crippen molar-refractivity contribution in [2.24, 2.45) is 0 Å². The molecular weight excluding hydrogens is 266 g/mol. The Labute approximate surface area is 108 Å². The first kappa shape index (κ1) is 14.6. The van der Waals surface area contributed by atoms with Gasteiger partial charge in [-0.05, 0) is 0 Å². The van der Waals surface area contributed by atoms with Gasteiger partial charge in [0.15, 0.2) is 0 Å². The van der Waals surface area contributed by atoms with Crippen LogP contribution in [-0.4, -0.2) is 48.4 Å². The van der Waals surface area contributed by atoms with Gasteiger partial charge in [0, 0.05) is 7.11 Å². The number of hydrogen-bond donors (Lipinski definition) is 0. The van der Waals surface area contributed by atoms with Crippen LogP contribution in [0.5, 0.6) is 5.88 Å². The lowest BCUT2D eigenvalue weighted by Gasteiger charge is -2.06. The molecule has 0 spiro atoms. The zero-order valence-electron chi connectivity index (χ0n) is 9.67. The van der Waals surface area contributed by atoms with Gasteiger partial charge in [0.1, 0.15) is 12.9 Å². The third kappa shape index (κ3) is 4.40. The quantitative estimate of drug-likeness (QED) is 0.303. The molecule has 0 bridgehead atoms. The molecule has 9 heteroatoms. The zero-order valence-corrected chi connectivity index (χ0v) is 10.4. The second kappa shape index (κ2) is 7.75. The van der Waals surface area contributed by atoms with E-state index in [0.29, 0.717) is 13.2 Å². The molecule has 0 N–H and O–H groups in total. The highest BCUT2D eigenvalue weighted by molar-refractivity contribution is 6.31. The first-order valence-corrected chi connectivity index (χ1v) is 5.39. The summed E-state index contributed by atoms with van der Waals surface area (Å²) in [6.45, 7) is 1.28. The van der Waals surface area contributed by atoms with Crippen LogP contribution in [0, 0.1) is 10.1 Å². The molecule has 0 radical (unpaired) electrons. The SMILES string of the molecule is COCCOCCOc1ncnc(Cl)c1[N+](=O)[O-]. The van der Waals surface area contributed by atoms with Crippen LogP contribution in [0.4, 0.5) is 5.69 Å². The van der Waals surface area contributed by atoms with E-state index in [1.165, 1.54) is 0 Å². The second-order valence-electron chi connectivity index (χ2n) is 3.03. The predicted molar refractivity (Wildman–Crippen MR) is 61.9 cm³/mol. The summed E-state index contributed by atoms with van der Waals surface area (Å²) < 4.78 is 15.0. The summed E-state index contributed by atoms with van der Waals surface area (Å²) in [7, 11) is 1.56. The van der Waals surface area contributed by atoms with E-state index >= 15 is 0 Å². The molecule has 18 heavy (non-hydrogen) atoms. The van der Waals surface area contributed by atoms with Crippen LogP contribution in [0.1, 0.15) is 0 Å². The molecule has 1 rings (SSSR count). The van der Waals surface area contributed by atoms with E-state index < -0.39 is 10.6 Å². The van der Waals surface area contributed by atoms with E-state index in [1.54, 1.807) is 7.11 Å². The third-order valence-electron chi connectivity index (χ3n) is 1.82. The normalized spacial score (nSPS) is 10.3.